The molecule has 0 atom stereocenters. The van der Waals surface area contributed by atoms with Crippen molar-refractivity contribution in [2.24, 2.45) is 7.05 Å². The Morgan fingerprint density at radius 1 is 1.11 bits per heavy atom. The van der Waals surface area contributed by atoms with Crippen LogP contribution in [0.15, 0.2) is 42.6 Å². The fraction of sp³-hybridized carbons (Fsp3) is 0.379. The van der Waals surface area contributed by atoms with Gasteiger partial charge in [0.15, 0.2) is 0 Å². The van der Waals surface area contributed by atoms with Crippen LogP contribution in [0.5, 0.6) is 0 Å². The molecule has 0 unspecified atom stereocenters. The number of hydrogen-bond donors (Lipinski definition) is 1. The summed E-state index contributed by atoms with van der Waals surface area (Å²) in [6.07, 6.45) is 2.60. The minimum absolute atomic E-state index is 0.0909. The number of hydrogen-bond acceptors (Lipinski definition) is 6. The van der Waals surface area contributed by atoms with E-state index in [0.29, 0.717) is 45.3 Å². The van der Waals surface area contributed by atoms with Crippen LogP contribution in [-0.2, 0) is 20.0 Å². The van der Waals surface area contributed by atoms with Crippen molar-refractivity contribution in [3.05, 3.63) is 70.9 Å². The second kappa shape index (κ2) is 11.1. The van der Waals surface area contributed by atoms with Gasteiger partial charge in [-0.05, 0) is 58.1 Å². The van der Waals surface area contributed by atoms with E-state index < -0.39 is 14.0 Å². The minimum atomic E-state index is -2.75. The summed E-state index contributed by atoms with van der Waals surface area (Å²) in [5, 5.41) is 3.84. The normalized spacial score (nSPS) is 14.4. The van der Waals surface area contributed by atoms with Gasteiger partial charge in [0, 0.05) is 47.2 Å². The maximum absolute atomic E-state index is 13.8. The van der Waals surface area contributed by atoms with Crippen LogP contribution in [0.25, 0.3) is 22.3 Å². The lowest BCUT2D eigenvalue weighted by atomic mass is 10.0. The lowest BCUT2D eigenvalue weighted by Gasteiger charge is -2.19. The zero-order chi connectivity index (χ0) is 31.7. The Morgan fingerprint density at radius 3 is 2.62 bits per heavy atom. The highest BCUT2D eigenvalue weighted by atomic mass is 16.2. The summed E-state index contributed by atoms with van der Waals surface area (Å²) in [7, 11) is 3.72. The summed E-state index contributed by atoms with van der Waals surface area (Å²) in [6.45, 7) is 0.588. The summed E-state index contributed by atoms with van der Waals surface area (Å²) in [5.41, 5.74) is 5.48. The fourth-order valence-electron chi connectivity index (χ4n) is 4.32. The number of carbonyl (C=O) groups is 1. The molecule has 0 bridgehead atoms. The molecule has 0 radical (unpaired) electrons. The maximum Gasteiger partial charge on any atom is 0.254 e. The second-order valence-corrected chi connectivity index (χ2v) is 9.22. The van der Waals surface area contributed by atoms with Gasteiger partial charge >= 0.3 is 0 Å². The van der Waals surface area contributed by atoms with Crippen molar-refractivity contribution in [1.82, 2.24) is 29.3 Å². The standard InChI is InChI=1S/C29H37N7O/c1-8-28-31-17-21(36(28)7)18-35(6)29(37)23-16-27(33-25-10-9-19(2)15-22(23)25)26-12-11-24(20(3)32-26)30-13-14-34(4)5/h9-12,15-17,30H,8,13-14,18H2,1-7H3/i4D3,5D3. The predicted octanol–water partition coefficient (Wildman–Crippen LogP) is 4.46. The molecule has 0 saturated carbocycles. The molecule has 0 aliphatic heterocycles. The van der Waals surface area contributed by atoms with E-state index in [1.807, 2.05) is 43.7 Å². The number of benzene rings is 1. The Balaban J connectivity index is 1.61. The number of fused-ring (bicyclic) bond motifs is 1. The summed E-state index contributed by atoms with van der Waals surface area (Å²) >= 11 is 0. The third-order valence-electron chi connectivity index (χ3n) is 6.44. The van der Waals surface area contributed by atoms with Gasteiger partial charge in [0.2, 0.25) is 0 Å². The molecule has 1 amide bonds. The van der Waals surface area contributed by atoms with E-state index in [9.17, 15) is 4.79 Å². The van der Waals surface area contributed by atoms with E-state index in [4.69, 9.17) is 18.2 Å². The van der Waals surface area contributed by atoms with Crippen LogP contribution in [0.3, 0.4) is 0 Å². The van der Waals surface area contributed by atoms with Crippen LogP contribution >= 0.6 is 0 Å². The molecule has 3 aromatic heterocycles. The summed E-state index contributed by atoms with van der Waals surface area (Å²) in [5.74, 6) is 0.802. The Hall–Kier alpha value is -3.78. The van der Waals surface area contributed by atoms with Crippen LogP contribution in [-0.4, -0.2) is 69.3 Å². The van der Waals surface area contributed by atoms with Crippen molar-refractivity contribution in [2.45, 2.75) is 33.7 Å². The van der Waals surface area contributed by atoms with Crippen molar-refractivity contribution in [3.63, 3.8) is 0 Å². The Morgan fingerprint density at radius 2 is 1.92 bits per heavy atom. The van der Waals surface area contributed by atoms with E-state index in [1.165, 1.54) is 0 Å². The lowest BCUT2D eigenvalue weighted by molar-refractivity contribution is 0.0784. The topological polar surface area (TPSA) is 79.2 Å². The number of imidazole rings is 1. The van der Waals surface area contributed by atoms with Gasteiger partial charge in [-0.25, -0.2) is 15.0 Å². The minimum Gasteiger partial charge on any atom is -0.382 e. The molecule has 4 rings (SSSR count). The second-order valence-electron chi connectivity index (χ2n) is 9.22. The molecule has 1 aromatic carbocycles. The molecule has 8 nitrogen and oxygen atoms in total. The zero-order valence-corrected chi connectivity index (χ0v) is 22.0. The van der Waals surface area contributed by atoms with Crippen molar-refractivity contribution in [2.75, 3.05) is 39.4 Å². The molecule has 0 fully saturated rings. The third-order valence-corrected chi connectivity index (χ3v) is 6.44. The number of nitrogens with zero attached hydrogens (tertiary/aromatic N) is 6. The maximum atomic E-state index is 13.8. The van der Waals surface area contributed by atoms with Crippen LogP contribution in [0.4, 0.5) is 5.69 Å². The third kappa shape index (κ3) is 5.80. The number of amides is 1. The Bertz CT molecular complexity index is 1620. The van der Waals surface area contributed by atoms with Gasteiger partial charge in [-0.15, -0.1) is 0 Å². The van der Waals surface area contributed by atoms with E-state index >= 15 is 0 Å². The number of aryl methyl sites for hydroxylation is 3. The molecule has 4 aromatic rings. The first-order valence-corrected chi connectivity index (χ1v) is 12.3. The number of rotatable bonds is 9. The quantitative estimate of drug-likeness (QED) is 0.362. The zero-order valence-electron chi connectivity index (χ0n) is 28.0. The van der Waals surface area contributed by atoms with Crippen LogP contribution in [0, 0.1) is 13.8 Å². The van der Waals surface area contributed by atoms with E-state index in [0.717, 1.165) is 28.9 Å². The first kappa shape index (κ1) is 19.3. The average molecular weight is 506 g/mol. The van der Waals surface area contributed by atoms with Gasteiger partial charge in [0.25, 0.3) is 5.91 Å². The van der Waals surface area contributed by atoms with Crippen molar-refractivity contribution >= 4 is 22.5 Å². The Labute approximate surface area is 227 Å². The number of nitrogens with one attached hydrogen (secondary N) is 1. The van der Waals surface area contributed by atoms with Crippen LogP contribution < -0.4 is 5.32 Å². The van der Waals surface area contributed by atoms with Gasteiger partial charge in [0.1, 0.15) is 5.82 Å². The predicted molar refractivity (Wildman–Crippen MR) is 150 cm³/mol. The number of anilines is 1. The van der Waals surface area contributed by atoms with Crippen LogP contribution in [0.2, 0.25) is 0 Å². The van der Waals surface area contributed by atoms with Gasteiger partial charge in [0.05, 0.1) is 52.3 Å². The van der Waals surface area contributed by atoms with Crippen molar-refractivity contribution in [1.29, 1.82) is 0 Å². The number of carbonyl (C=O) groups excluding carboxylic acids is 1. The first-order chi connectivity index (χ1) is 20.1. The molecule has 0 aliphatic rings. The summed E-state index contributed by atoms with van der Waals surface area (Å²) in [4.78, 5) is 30.0. The first-order valence-electron chi connectivity index (χ1n) is 15.3. The molecule has 0 saturated heterocycles. The molecular weight excluding hydrogens is 462 g/mol. The van der Waals surface area contributed by atoms with Gasteiger partial charge in [-0.1, -0.05) is 18.6 Å². The molecular formula is C29H37N7O. The van der Waals surface area contributed by atoms with Gasteiger partial charge in [-0.2, -0.15) is 0 Å². The molecule has 8 heteroatoms. The smallest absolute Gasteiger partial charge is 0.254 e. The molecule has 3 heterocycles. The lowest BCUT2D eigenvalue weighted by Crippen LogP contribution is -2.27. The highest BCUT2D eigenvalue weighted by Gasteiger charge is 2.20. The molecule has 194 valence electrons. The highest BCUT2D eigenvalue weighted by molar-refractivity contribution is 6.07. The van der Waals surface area contributed by atoms with Gasteiger partial charge in [-0.3, -0.25) is 4.79 Å². The largest absolute Gasteiger partial charge is 0.382 e. The summed E-state index contributed by atoms with van der Waals surface area (Å²) in [6, 6.07) is 11.1. The van der Waals surface area contributed by atoms with E-state index in [1.54, 1.807) is 43.3 Å². The number of aromatic nitrogens is 4. The molecule has 37 heavy (non-hydrogen) atoms. The fourth-order valence-corrected chi connectivity index (χ4v) is 4.32. The Kier molecular flexibility index (Phi) is 5.80. The summed E-state index contributed by atoms with van der Waals surface area (Å²) < 4.78 is 47.2. The average Bonchev–Trinajstić information content (AvgIpc) is 3.27. The number of pyridine rings is 2. The van der Waals surface area contributed by atoms with Gasteiger partial charge < -0.3 is 19.7 Å². The monoisotopic (exact) mass is 505 g/mol. The highest BCUT2D eigenvalue weighted by Crippen LogP contribution is 2.27. The number of likely N-dealkylation sites (N-methyl/N-ethyl adjacent to an activating group) is 1. The molecule has 0 spiro atoms. The van der Waals surface area contributed by atoms with Crippen molar-refractivity contribution < 1.29 is 13.0 Å². The van der Waals surface area contributed by atoms with Crippen molar-refractivity contribution in [3.8, 4) is 11.4 Å². The molecule has 0 aliphatic carbocycles. The molecule has 1 N–H and O–H groups in total. The van der Waals surface area contributed by atoms with E-state index in [2.05, 4.69) is 10.3 Å². The van der Waals surface area contributed by atoms with Crippen LogP contribution in [0.1, 0.15) is 48.3 Å². The SMILES string of the molecule is [2H]C([2H])([2H])N(CCNc1ccc(-c2cc(C(=O)N(C)Cc3cnc(CC)n3C)c3cc(C)ccc3n2)nc1C)C([2H])([2H])[2H]. The van der Waals surface area contributed by atoms with E-state index in [-0.39, 0.29) is 19.0 Å².